The Morgan fingerprint density at radius 3 is 2.12 bits per heavy atom. The van der Waals surface area contributed by atoms with Gasteiger partial charge in [0.05, 0.1) is 0 Å². The summed E-state index contributed by atoms with van der Waals surface area (Å²) in [5, 5.41) is 3.12. The molecule has 142 valence electrons. The highest BCUT2D eigenvalue weighted by molar-refractivity contribution is 5.90. The van der Waals surface area contributed by atoms with Crippen molar-refractivity contribution in [2.24, 2.45) is 17.8 Å². The monoisotopic (exact) mass is 355 g/mol. The number of carbonyl (C=O) groups is 1. The predicted molar refractivity (Wildman–Crippen MR) is 106 cm³/mol. The van der Waals surface area contributed by atoms with Crippen LogP contribution in [0.4, 0.5) is 5.69 Å². The number of hydrogen-bond acceptors (Lipinski definition) is 3. The number of hydrogen-bond donors (Lipinski definition) is 1. The Balaban J connectivity index is 1.24. The van der Waals surface area contributed by atoms with Gasteiger partial charge in [-0.1, -0.05) is 19.1 Å². The van der Waals surface area contributed by atoms with Gasteiger partial charge >= 0.3 is 0 Å². The molecule has 26 heavy (non-hydrogen) atoms. The molecule has 3 fully saturated rings. The van der Waals surface area contributed by atoms with Crippen LogP contribution in [0.2, 0.25) is 0 Å². The first-order chi connectivity index (χ1) is 12.7. The van der Waals surface area contributed by atoms with E-state index in [4.69, 9.17) is 0 Å². The summed E-state index contributed by atoms with van der Waals surface area (Å²) in [5.41, 5.74) is 2.28. The van der Waals surface area contributed by atoms with Crippen molar-refractivity contribution in [2.75, 3.05) is 38.0 Å². The third-order valence-electron chi connectivity index (χ3n) is 6.43. The molecule has 0 aromatic heterocycles. The van der Waals surface area contributed by atoms with Gasteiger partial charge in [0.25, 0.3) is 0 Å². The molecule has 0 radical (unpaired) electrons. The van der Waals surface area contributed by atoms with Crippen LogP contribution in [0.5, 0.6) is 0 Å². The van der Waals surface area contributed by atoms with Crippen LogP contribution in [0.25, 0.3) is 0 Å². The van der Waals surface area contributed by atoms with Gasteiger partial charge in [0.15, 0.2) is 0 Å². The van der Waals surface area contributed by atoms with E-state index in [1.54, 1.807) is 0 Å². The molecule has 1 aromatic rings. The van der Waals surface area contributed by atoms with Gasteiger partial charge in [-0.25, -0.2) is 0 Å². The van der Waals surface area contributed by atoms with E-state index in [0.29, 0.717) is 5.92 Å². The average Bonchev–Trinajstić information content (AvgIpc) is 3.56. The molecular weight excluding hydrogens is 322 g/mol. The van der Waals surface area contributed by atoms with Crippen molar-refractivity contribution in [1.82, 2.24) is 9.80 Å². The van der Waals surface area contributed by atoms with E-state index in [9.17, 15) is 4.79 Å². The third-order valence-corrected chi connectivity index (χ3v) is 6.43. The summed E-state index contributed by atoms with van der Waals surface area (Å²) in [6.07, 6.45) is 6.09. The van der Waals surface area contributed by atoms with Gasteiger partial charge in [0.1, 0.15) is 0 Å². The molecule has 1 N–H and O–H groups in total. The zero-order valence-electron chi connectivity index (χ0n) is 16.1. The van der Waals surface area contributed by atoms with Crippen molar-refractivity contribution >= 4 is 11.6 Å². The minimum atomic E-state index is 0.206. The average molecular weight is 356 g/mol. The quantitative estimate of drug-likeness (QED) is 0.774. The summed E-state index contributed by atoms with van der Waals surface area (Å²) < 4.78 is 0. The van der Waals surface area contributed by atoms with Crippen LogP contribution in [0.3, 0.4) is 0 Å². The number of nitrogens with zero attached hydrogens (tertiary/aromatic N) is 2. The van der Waals surface area contributed by atoms with Crippen LogP contribution in [0.15, 0.2) is 24.3 Å². The number of carbonyl (C=O) groups excluding carboxylic acids is 1. The summed E-state index contributed by atoms with van der Waals surface area (Å²) in [7, 11) is 0. The van der Waals surface area contributed by atoms with E-state index in [1.807, 2.05) is 0 Å². The van der Waals surface area contributed by atoms with Crippen molar-refractivity contribution in [3.05, 3.63) is 29.8 Å². The molecule has 3 aliphatic rings. The number of benzene rings is 1. The van der Waals surface area contributed by atoms with Crippen LogP contribution in [0, 0.1) is 17.8 Å². The lowest BCUT2D eigenvalue weighted by Gasteiger charge is -2.34. The first kappa shape index (κ1) is 18.0. The van der Waals surface area contributed by atoms with Gasteiger partial charge in [0, 0.05) is 44.8 Å². The van der Waals surface area contributed by atoms with Crippen molar-refractivity contribution in [2.45, 2.75) is 45.6 Å². The third kappa shape index (κ3) is 4.86. The van der Waals surface area contributed by atoms with Gasteiger partial charge in [-0.2, -0.15) is 0 Å². The number of anilines is 1. The highest BCUT2D eigenvalue weighted by Crippen LogP contribution is 2.50. The van der Waals surface area contributed by atoms with E-state index in [-0.39, 0.29) is 5.91 Å². The molecule has 1 amide bonds. The van der Waals surface area contributed by atoms with Gasteiger partial charge < -0.3 is 10.2 Å². The molecule has 0 spiro atoms. The van der Waals surface area contributed by atoms with Crippen molar-refractivity contribution in [3.63, 3.8) is 0 Å². The lowest BCUT2D eigenvalue weighted by Crippen LogP contribution is -2.45. The first-order valence-electron chi connectivity index (χ1n) is 10.5. The molecule has 2 aliphatic carbocycles. The molecular formula is C22H33N3O. The van der Waals surface area contributed by atoms with Crippen LogP contribution in [-0.4, -0.2) is 48.4 Å². The Morgan fingerprint density at radius 2 is 1.58 bits per heavy atom. The summed E-state index contributed by atoms with van der Waals surface area (Å²) in [6.45, 7) is 9.05. The lowest BCUT2D eigenvalue weighted by atomic mass is 9.94. The van der Waals surface area contributed by atoms with Gasteiger partial charge in [-0.15, -0.1) is 0 Å². The maximum absolute atomic E-state index is 12.4. The van der Waals surface area contributed by atoms with E-state index >= 15 is 0 Å². The largest absolute Gasteiger partial charge is 0.326 e. The van der Waals surface area contributed by atoms with Gasteiger partial charge in [0.2, 0.25) is 5.91 Å². The second kappa shape index (κ2) is 8.10. The molecule has 0 atom stereocenters. The van der Waals surface area contributed by atoms with Crippen molar-refractivity contribution < 1.29 is 4.79 Å². The van der Waals surface area contributed by atoms with Crippen LogP contribution >= 0.6 is 0 Å². The number of nitrogens with one attached hydrogen (secondary N) is 1. The molecule has 1 aliphatic heterocycles. The van der Waals surface area contributed by atoms with Crippen LogP contribution < -0.4 is 5.32 Å². The zero-order valence-corrected chi connectivity index (χ0v) is 16.1. The number of amides is 1. The minimum Gasteiger partial charge on any atom is -0.326 e. The molecule has 0 bridgehead atoms. The molecule has 1 aromatic carbocycles. The Bertz CT molecular complexity index is 586. The summed E-state index contributed by atoms with van der Waals surface area (Å²) in [5.74, 6) is 2.53. The maximum atomic E-state index is 12.4. The van der Waals surface area contributed by atoms with Crippen molar-refractivity contribution in [3.8, 4) is 0 Å². The standard InChI is InChI=1S/C22H33N3O/c1-2-24-11-13-25(14-12-24)16-17-3-9-20(10-4-17)23-22(26)15-21(18-5-6-18)19-7-8-19/h3-4,9-10,18-19,21H,2,5-8,11-16H2,1H3,(H,23,26). The fourth-order valence-corrected chi connectivity index (χ4v) is 4.41. The molecule has 4 rings (SSSR count). The Hall–Kier alpha value is -1.39. The zero-order chi connectivity index (χ0) is 17.9. The molecule has 0 unspecified atom stereocenters. The second-order valence-corrected chi connectivity index (χ2v) is 8.50. The first-order valence-corrected chi connectivity index (χ1v) is 10.5. The fraction of sp³-hybridized carbons (Fsp3) is 0.682. The highest BCUT2D eigenvalue weighted by Gasteiger charge is 2.42. The topological polar surface area (TPSA) is 35.6 Å². The Labute approximate surface area is 157 Å². The fourth-order valence-electron chi connectivity index (χ4n) is 4.41. The van der Waals surface area contributed by atoms with Gasteiger partial charge in [-0.05, 0) is 67.7 Å². The summed E-state index contributed by atoms with van der Waals surface area (Å²) >= 11 is 0. The SMILES string of the molecule is CCN1CCN(Cc2ccc(NC(=O)CC(C3CC3)C3CC3)cc2)CC1. The van der Waals surface area contributed by atoms with Gasteiger partial charge in [-0.3, -0.25) is 9.69 Å². The summed E-state index contributed by atoms with van der Waals surface area (Å²) in [6, 6.07) is 8.47. The molecule has 1 heterocycles. The molecule has 1 saturated heterocycles. The van der Waals surface area contributed by atoms with E-state index in [2.05, 4.69) is 46.3 Å². The van der Waals surface area contributed by atoms with E-state index in [1.165, 1.54) is 44.3 Å². The van der Waals surface area contributed by atoms with Crippen LogP contribution in [-0.2, 0) is 11.3 Å². The molecule has 4 heteroatoms. The number of likely N-dealkylation sites (N-methyl/N-ethyl adjacent to an activating group) is 1. The van der Waals surface area contributed by atoms with Crippen molar-refractivity contribution in [1.29, 1.82) is 0 Å². The van der Waals surface area contributed by atoms with Crippen LogP contribution in [0.1, 0.15) is 44.6 Å². The normalized spacial score (nSPS) is 21.9. The maximum Gasteiger partial charge on any atom is 0.224 e. The Morgan fingerprint density at radius 1 is 1.00 bits per heavy atom. The summed E-state index contributed by atoms with van der Waals surface area (Å²) in [4.78, 5) is 17.5. The number of piperazine rings is 1. The number of rotatable bonds is 8. The molecule has 2 saturated carbocycles. The smallest absolute Gasteiger partial charge is 0.224 e. The van der Waals surface area contributed by atoms with E-state index < -0.39 is 0 Å². The lowest BCUT2D eigenvalue weighted by molar-refractivity contribution is -0.117. The second-order valence-electron chi connectivity index (χ2n) is 8.50. The highest BCUT2D eigenvalue weighted by atomic mass is 16.1. The van der Waals surface area contributed by atoms with E-state index in [0.717, 1.165) is 50.1 Å². The Kier molecular flexibility index (Phi) is 5.60. The predicted octanol–water partition coefficient (Wildman–Crippen LogP) is 3.59. The molecule has 4 nitrogen and oxygen atoms in total. The minimum absolute atomic E-state index is 0.206.